The average molecular weight is 347 g/mol. The quantitative estimate of drug-likeness (QED) is 0.735. The van der Waals surface area contributed by atoms with Crippen LogP contribution in [0.4, 0.5) is 5.69 Å². The van der Waals surface area contributed by atoms with Crippen molar-refractivity contribution in [2.45, 2.75) is 51.7 Å². The van der Waals surface area contributed by atoms with Gasteiger partial charge in [-0.15, -0.1) is 0 Å². The van der Waals surface area contributed by atoms with Crippen LogP contribution in [0.25, 0.3) is 0 Å². The number of piperidine rings is 1. The van der Waals surface area contributed by atoms with Gasteiger partial charge in [-0.05, 0) is 51.3 Å². The maximum atomic E-state index is 12.6. The van der Waals surface area contributed by atoms with Gasteiger partial charge in [0.15, 0.2) is 0 Å². The topological polar surface area (TPSA) is 81.7 Å². The van der Waals surface area contributed by atoms with Crippen molar-refractivity contribution in [2.24, 2.45) is 0 Å². The van der Waals surface area contributed by atoms with Crippen LogP contribution in [0.2, 0.25) is 0 Å². The van der Waals surface area contributed by atoms with Crippen molar-refractivity contribution in [2.75, 3.05) is 25.0 Å². The highest BCUT2D eigenvalue weighted by atomic mass is 16.3. The number of rotatable bonds is 6. The zero-order chi connectivity index (χ0) is 18.4. The Morgan fingerprint density at radius 1 is 1.28 bits per heavy atom. The van der Waals surface area contributed by atoms with Crippen molar-refractivity contribution in [3.05, 3.63) is 29.8 Å². The molecule has 138 valence electrons. The number of benzene rings is 1. The molecule has 0 aliphatic carbocycles. The Labute approximate surface area is 149 Å². The van der Waals surface area contributed by atoms with Crippen LogP contribution < -0.4 is 10.6 Å². The monoisotopic (exact) mass is 347 g/mol. The molecule has 0 radical (unpaired) electrons. The number of nitrogens with zero attached hydrogens (tertiary/aromatic N) is 1. The molecule has 0 spiro atoms. The zero-order valence-electron chi connectivity index (χ0n) is 15.3. The van der Waals surface area contributed by atoms with Gasteiger partial charge < -0.3 is 20.6 Å². The summed E-state index contributed by atoms with van der Waals surface area (Å²) in [5.41, 5.74) is 1.11. The van der Waals surface area contributed by atoms with Crippen LogP contribution in [-0.4, -0.2) is 53.1 Å². The number of anilines is 1. The Kier molecular flexibility index (Phi) is 6.42. The summed E-state index contributed by atoms with van der Waals surface area (Å²) in [6.45, 7) is 7.32. The lowest BCUT2D eigenvalue weighted by Crippen LogP contribution is -2.45. The lowest BCUT2D eigenvalue weighted by molar-refractivity contribution is -0.121. The number of hydrogen-bond acceptors (Lipinski definition) is 4. The molecule has 1 aliphatic heterocycles. The first kappa shape index (κ1) is 19.2. The number of likely N-dealkylation sites (tertiary alicyclic amines) is 1. The van der Waals surface area contributed by atoms with Gasteiger partial charge in [-0.25, -0.2) is 0 Å². The molecule has 2 rings (SSSR count). The van der Waals surface area contributed by atoms with E-state index in [1.54, 1.807) is 17.0 Å². The van der Waals surface area contributed by atoms with Crippen LogP contribution in [-0.2, 0) is 4.79 Å². The van der Waals surface area contributed by atoms with Crippen LogP contribution in [0.5, 0.6) is 0 Å². The van der Waals surface area contributed by atoms with E-state index in [0.29, 0.717) is 31.5 Å². The van der Waals surface area contributed by atoms with Crippen molar-refractivity contribution >= 4 is 17.5 Å². The van der Waals surface area contributed by atoms with E-state index in [1.165, 1.54) is 0 Å². The standard InChI is InChI=1S/C19H29N3O3/c1-4-19(2,3)21-17(24)13-20-15-7-5-6-14(12-15)18(25)22-10-8-16(23)9-11-22/h5-7,12,16,20,23H,4,8-11,13H2,1-3H3,(H,21,24). The van der Waals surface area contributed by atoms with Gasteiger partial charge in [-0.2, -0.15) is 0 Å². The summed E-state index contributed by atoms with van der Waals surface area (Å²) in [7, 11) is 0. The maximum Gasteiger partial charge on any atom is 0.253 e. The Bertz CT molecular complexity index is 608. The smallest absolute Gasteiger partial charge is 0.253 e. The first-order chi connectivity index (χ1) is 11.8. The van der Waals surface area contributed by atoms with Gasteiger partial charge in [-0.3, -0.25) is 9.59 Å². The maximum absolute atomic E-state index is 12.6. The normalized spacial score (nSPS) is 15.8. The van der Waals surface area contributed by atoms with Crippen LogP contribution in [0.1, 0.15) is 50.4 Å². The Morgan fingerprint density at radius 2 is 1.96 bits per heavy atom. The van der Waals surface area contributed by atoms with E-state index in [1.807, 2.05) is 32.9 Å². The highest BCUT2D eigenvalue weighted by Gasteiger charge is 2.22. The third kappa shape index (κ3) is 5.74. The van der Waals surface area contributed by atoms with Crippen LogP contribution in [0.3, 0.4) is 0 Å². The van der Waals surface area contributed by atoms with Gasteiger partial charge in [0.1, 0.15) is 0 Å². The van der Waals surface area contributed by atoms with Gasteiger partial charge in [0, 0.05) is 29.9 Å². The summed E-state index contributed by atoms with van der Waals surface area (Å²) in [4.78, 5) is 26.3. The van der Waals surface area contributed by atoms with Gasteiger partial charge in [0.05, 0.1) is 12.6 Å². The second kappa shape index (κ2) is 8.34. The molecule has 1 aromatic carbocycles. The second-order valence-corrected chi connectivity index (χ2v) is 7.24. The highest BCUT2D eigenvalue weighted by Crippen LogP contribution is 2.16. The second-order valence-electron chi connectivity index (χ2n) is 7.24. The molecule has 6 nitrogen and oxygen atoms in total. The Hall–Kier alpha value is -2.08. The van der Waals surface area contributed by atoms with Crippen molar-refractivity contribution < 1.29 is 14.7 Å². The summed E-state index contributed by atoms with van der Waals surface area (Å²) in [5.74, 6) is -0.110. The van der Waals surface area contributed by atoms with Gasteiger partial charge in [0.2, 0.25) is 5.91 Å². The minimum absolute atomic E-state index is 0.0351. The fraction of sp³-hybridized carbons (Fsp3) is 0.579. The Balaban J connectivity index is 1.92. The first-order valence-corrected chi connectivity index (χ1v) is 8.93. The lowest BCUT2D eigenvalue weighted by atomic mass is 10.0. The molecule has 0 saturated carbocycles. The molecule has 1 fully saturated rings. The number of carbonyl (C=O) groups excluding carboxylic acids is 2. The molecular formula is C19H29N3O3. The van der Waals surface area contributed by atoms with E-state index in [4.69, 9.17) is 0 Å². The number of nitrogens with one attached hydrogen (secondary N) is 2. The fourth-order valence-electron chi connectivity index (χ4n) is 2.71. The fourth-order valence-corrected chi connectivity index (χ4v) is 2.71. The molecule has 6 heteroatoms. The number of aliphatic hydroxyl groups excluding tert-OH is 1. The van der Waals surface area contributed by atoms with E-state index in [-0.39, 0.29) is 30.0 Å². The molecule has 0 atom stereocenters. The van der Waals surface area contributed by atoms with Crippen molar-refractivity contribution in [1.29, 1.82) is 0 Å². The average Bonchev–Trinajstić information content (AvgIpc) is 2.60. The highest BCUT2D eigenvalue weighted by molar-refractivity contribution is 5.95. The van der Waals surface area contributed by atoms with Crippen LogP contribution >= 0.6 is 0 Å². The summed E-state index contributed by atoms with van der Waals surface area (Å²) in [6, 6.07) is 7.20. The number of amides is 2. The van der Waals surface area contributed by atoms with Crippen molar-refractivity contribution in [3.63, 3.8) is 0 Å². The molecule has 25 heavy (non-hydrogen) atoms. The summed E-state index contributed by atoms with van der Waals surface area (Å²) in [6.07, 6.45) is 1.80. The SMILES string of the molecule is CCC(C)(C)NC(=O)CNc1cccc(C(=O)N2CCC(O)CC2)c1. The molecular weight excluding hydrogens is 318 g/mol. The predicted octanol–water partition coefficient (Wildman–Crippen LogP) is 2.00. The first-order valence-electron chi connectivity index (χ1n) is 8.93. The minimum Gasteiger partial charge on any atom is -0.393 e. The van der Waals surface area contributed by atoms with Crippen LogP contribution in [0, 0.1) is 0 Å². The van der Waals surface area contributed by atoms with E-state index in [9.17, 15) is 14.7 Å². The molecule has 0 unspecified atom stereocenters. The van der Waals surface area contributed by atoms with E-state index in [2.05, 4.69) is 10.6 Å². The molecule has 1 saturated heterocycles. The lowest BCUT2D eigenvalue weighted by Gasteiger charge is -2.29. The molecule has 1 aliphatic rings. The molecule has 2 amide bonds. The number of hydrogen-bond donors (Lipinski definition) is 3. The van der Waals surface area contributed by atoms with Crippen LogP contribution in [0.15, 0.2) is 24.3 Å². The third-order valence-corrected chi connectivity index (χ3v) is 4.68. The minimum atomic E-state index is -0.303. The molecule has 1 heterocycles. The molecule has 3 N–H and O–H groups in total. The number of aliphatic hydroxyl groups is 1. The molecule has 1 aromatic rings. The van der Waals surface area contributed by atoms with E-state index < -0.39 is 0 Å². The summed E-state index contributed by atoms with van der Waals surface area (Å²) < 4.78 is 0. The third-order valence-electron chi connectivity index (χ3n) is 4.68. The predicted molar refractivity (Wildman–Crippen MR) is 98.6 cm³/mol. The van der Waals surface area contributed by atoms with Gasteiger partial charge in [-0.1, -0.05) is 13.0 Å². The summed E-state index contributed by atoms with van der Waals surface area (Å²) >= 11 is 0. The largest absolute Gasteiger partial charge is 0.393 e. The van der Waals surface area contributed by atoms with E-state index >= 15 is 0 Å². The molecule has 0 bridgehead atoms. The van der Waals surface area contributed by atoms with Crippen molar-refractivity contribution in [1.82, 2.24) is 10.2 Å². The van der Waals surface area contributed by atoms with Gasteiger partial charge >= 0.3 is 0 Å². The van der Waals surface area contributed by atoms with Gasteiger partial charge in [0.25, 0.3) is 5.91 Å². The van der Waals surface area contributed by atoms with Crippen molar-refractivity contribution in [3.8, 4) is 0 Å². The Morgan fingerprint density at radius 3 is 2.60 bits per heavy atom. The zero-order valence-corrected chi connectivity index (χ0v) is 15.3. The summed E-state index contributed by atoms with van der Waals surface area (Å²) in [5, 5.41) is 15.6. The number of carbonyl (C=O) groups is 2. The molecule has 0 aromatic heterocycles. The van der Waals surface area contributed by atoms with E-state index in [0.717, 1.165) is 12.1 Å².